The van der Waals surface area contributed by atoms with Crippen LogP contribution >= 0.6 is 0 Å². The lowest BCUT2D eigenvalue weighted by Gasteiger charge is -2.25. The lowest BCUT2D eigenvalue weighted by molar-refractivity contribution is -0.123. The highest BCUT2D eigenvalue weighted by Crippen LogP contribution is 2.27. The number of ether oxygens (including phenoxy) is 1. The van der Waals surface area contributed by atoms with Crippen LogP contribution in [-0.2, 0) is 22.4 Å². The molecule has 0 bridgehead atoms. The van der Waals surface area contributed by atoms with Crippen molar-refractivity contribution in [2.45, 2.75) is 57.4 Å². The summed E-state index contributed by atoms with van der Waals surface area (Å²) in [6, 6.07) is 0.0550. The summed E-state index contributed by atoms with van der Waals surface area (Å²) >= 11 is 0. The van der Waals surface area contributed by atoms with Crippen LogP contribution in [0.1, 0.15) is 60.3 Å². The molecule has 1 aromatic heterocycles. The van der Waals surface area contributed by atoms with Crippen molar-refractivity contribution in [2.75, 3.05) is 26.3 Å². The Labute approximate surface area is 153 Å². The van der Waals surface area contributed by atoms with Gasteiger partial charge in [0, 0.05) is 50.8 Å². The van der Waals surface area contributed by atoms with Crippen LogP contribution in [0.4, 0.5) is 0 Å². The number of likely N-dealkylation sites (tertiary alicyclic amines) is 1. The molecule has 2 fully saturated rings. The topological polar surface area (TPSA) is 84.7 Å². The molecule has 0 aromatic carbocycles. The van der Waals surface area contributed by atoms with Gasteiger partial charge in [-0.05, 0) is 44.4 Å². The second kappa shape index (κ2) is 7.78. The van der Waals surface area contributed by atoms with Gasteiger partial charge in [0.25, 0.3) is 5.91 Å². The van der Waals surface area contributed by atoms with Crippen LogP contribution in [0.5, 0.6) is 0 Å². The van der Waals surface area contributed by atoms with Gasteiger partial charge in [-0.25, -0.2) is 0 Å². The monoisotopic (exact) mass is 361 g/mol. The Morgan fingerprint density at radius 1 is 1.15 bits per heavy atom. The summed E-state index contributed by atoms with van der Waals surface area (Å²) in [5, 5.41) is 7.22. The van der Waals surface area contributed by atoms with Crippen LogP contribution in [0, 0.1) is 5.92 Å². The fraction of sp³-hybridized carbons (Fsp3) is 0.737. The van der Waals surface area contributed by atoms with Crippen LogP contribution in [0.15, 0.2) is 4.52 Å². The van der Waals surface area contributed by atoms with Crippen molar-refractivity contribution in [2.24, 2.45) is 5.92 Å². The molecule has 7 nitrogen and oxygen atoms in total. The molecular formula is C19H27N3O4. The zero-order valence-corrected chi connectivity index (χ0v) is 15.2. The van der Waals surface area contributed by atoms with E-state index in [1.807, 2.05) is 4.90 Å². The summed E-state index contributed by atoms with van der Waals surface area (Å²) < 4.78 is 10.8. The van der Waals surface area contributed by atoms with Crippen LogP contribution in [0.3, 0.4) is 0 Å². The second-order valence-electron chi connectivity index (χ2n) is 7.70. The third kappa shape index (κ3) is 3.77. The van der Waals surface area contributed by atoms with Crippen molar-refractivity contribution in [3.05, 3.63) is 17.0 Å². The minimum absolute atomic E-state index is 0.0262. The molecule has 1 atom stereocenters. The number of fused-ring (bicyclic) bond motifs is 1. The average Bonchev–Trinajstić information content (AvgIpc) is 3.32. The Morgan fingerprint density at radius 3 is 2.69 bits per heavy atom. The fourth-order valence-corrected chi connectivity index (χ4v) is 4.26. The molecule has 2 aliphatic heterocycles. The Bertz CT molecular complexity index is 660. The highest BCUT2D eigenvalue weighted by Gasteiger charge is 2.32. The van der Waals surface area contributed by atoms with Crippen LogP contribution in [0.25, 0.3) is 0 Å². The quantitative estimate of drug-likeness (QED) is 0.882. The number of aromatic nitrogens is 1. The Kier molecular flexibility index (Phi) is 5.24. The first-order valence-corrected chi connectivity index (χ1v) is 9.84. The summed E-state index contributed by atoms with van der Waals surface area (Å²) in [7, 11) is 0. The van der Waals surface area contributed by atoms with Gasteiger partial charge in [0.05, 0.1) is 0 Å². The standard InChI is InChI=1S/C19H27N3O4/c23-17(11-13-5-9-25-10-6-13)20-14-3-4-16-15(12-14)18(21-26-16)19(24)22-7-1-2-8-22/h13-14H,1-12H2,(H,20,23). The van der Waals surface area contributed by atoms with Gasteiger partial charge in [-0.1, -0.05) is 5.16 Å². The molecule has 0 spiro atoms. The number of amides is 2. The molecule has 3 aliphatic rings. The predicted molar refractivity (Wildman–Crippen MR) is 93.8 cm³/mol. The molecular weight excluding hydrogens is 334 g/mol. The van der Waals surface area contributed by atoms with Crippen molar-refractivity contribution >= 4 is 11.8 Å². The molecule has 4 rings (SSSR count). The molecule has 26 heavy (non-hydrogen) atoms. The summed E-state index contributed by atoms with van der Waals surface area (Å²) in [6.07, 6.45) is 6.78. The maximum atomic E-state index is 12.7. The summed E-state index contributed by atoms with van der Waals surface area (Å²) in [5.41, 5.74) is 1.34. The van der Waals surface area contributed by atoms with Gasteiger partial charge in [-0.2, -0.15) is 0 Å². The molecule has 3 heterocycles. The minimum Gasteiger partial charge on any atom is -0.381 e. The van der Waals surface area contributed by atoms with E-state index in [-0.39, 0.29) is 17.9 Å². The van der Waals surface area contributed by atoms with Gasteiger partial charge in [0.2, 0.25) is 5.91 Å². The number of rotatable bonds is 4. The van der Waals surface area contributed by atoms with Gasteiger partial charge in [0.15, 0.2) is 5.69 Å². The molecule has 1 aromatic rings. The van der Waals surface area contributed by atoms with E-state index in [1.165, 1.54) is 0 Å². The molecule has 2 saturated heterocycles. The molecule has 1 aliphatic carbocycles. The molecule has 142 valence electrons. The van der Waals surface area contributed by atoms with Crippen molar-refractivity contribution in [1.29, 1.82) is 0 Å². The molecule has 0 saturated carbocycles. The SMILES string of the molecule is O=C(CC1CCOCC1)NC1CCc2onc(C(=O)N3CCCC3)c2C1. The highest BCUT2D eigenvalue weighted by molar-refractivity contribution is 5.94. The van der Waals surface area contributed by atoms with Gasteiger partial charge in [-0.3, -0.25) is 9.59 Å². The highest BCUT2D eigenvalue weighted by atomic mass is 16.5. The largest absolute Gasteiger partial charge is 0.381 e. The average molecular weight is 361 g/mol. The Balaban J connectivity index is 1.36. The lowest BCUT2D eigenvalue weighted by atomic mass is 9.91. The van der Waals surface area contributed by atoms with Crippen molar-refractivity contribution in [1.82, 2.24) is 15.4 Å². The maximum Gasteiger partial charge on any atom is 0.276 e. The van der Waals surface area contributed by atoms with Gasteiger partial charge in [-0.15, -0.1) is 0 Å². The zero-order valence-electron chi connectivity index (χ0n) is 15.2. The smallest absolute Gasteiger partial charge is 0.276 e. The number of carbonyl (C=O) groups is 2. The van der Waals surface area contributed by atoms with E-state index in [0.29, 0.717) is 24.5 Å². The first-order chi connectivity index (χ1) is 12.7. The molecule has 0 radical (unpaired) electrons. The van der Waals surface area contributed by atoms with Crippen molar-refractivity contribution in [3.63, 3.8) is 0 Å². The number of nitrogens with one attached hydrogen (secondary N) is 1. The van der Waals surface area contributed by atoms with E-state index in [4.69, 9.17) is 9.26 Å². The van der Waals surface area contributed by atoms with Crippen LogP contribution < -0.4 is 5.32 Å². The molecule has 7 heteroatoms. The first-order valence-electron chi connectivity index (χ1n) is 9.84. The van der Waals surface area contributed by atoms with E-state index in [1.54, 1.807) is 0 Å². The maximum absolute atomic E-state index is 12.7. The normalized spacial score (nSPS) is 23.7. The predicted octanol–water partition coefficient (Wildman–Crippen LogP) is 1.70. The summed E-state index contributed by atoms with van der Waals surface area (Å²) in [5.74, 6) is 1.31. The van der Waals surface area contributed by atoms with E-state index in [9.17, 15) is 9.59 Å². The van der Waals surface area contributed by atoms with Gasteiger partial charge in [0.1, 0.15) is 5.76 Å². The first kappa shape index (κ1) is 17.5. The van der Waals surface area contributed by atoms with Crippen molar-refractivity contribution in [3.8, 4) is 0 Å². The Hall–Kier alpha value is -1.89. The van der Waals surface area contributed by atoms with Gasteiger partial charge < -0.3 is 19.5 Å². The number of nitrogens with zero attached hydrogens (tertiary/aromatic N) is 2. The van der Waals surface area contributed by atoms with Crippen molar-refractivity contribution < 1.29 is 18.8 Å². The second-order valence-corrected chi connectivity index (χ2v) is 7.70. The fourth-order valence-electron chi connectivity index (χ4n) is 4.26. The third-order valence-electron chi connectivity index (χ3n) is 5.82. The zero-order chi connectivity index (χ0) is 17.9. The van der Waals surface area contributed by atoms with Crippen LogP contribution in [-0.4, -0.2) is 54.2 Å². The minimum atomic E-state index is -0.0262. The van der Waals surface area contributed by atoms with E-state index in [2.05, 4.69) is 10.5 Å². The lowest BCUT2D eigenvalue weighted by Crippen LogP contribution is -2.40. The van der Waals surface area contributed by atoms with E-state index in [0.717, 1.165) is 76.2 Å². The summed E-state index contributed by atoms with van der Waals surface area (Å²) in [6.45, 7) is 3.11. The number of hydrogen-bond donors (Lipinski definition) is 1. The number of hydrogen-bond acceptors (Lipinski definition) is 5. The molecule has 1 N–H and O–H groups in total. The Morgan fingerprint density at radius 2 is 1.92 bits per heavy atom. The van der Waals surface area contributed by atoms with E-state index < -0.39 is 0 Å². The van der Waals surface area contributed by atoms with Crippen LogP contribution in [0.2, 0.25) is 0 Å². The molecule has 2 amide bonds. The summed E-state index contributed by atoms with van der Waals surface area (Å²) in [4.78, 5) is 26.9. The van der Waals surface area contributed by atoms with E-state index >= 15 is 0 Å². The number of aryl methyl sites for hydroxylation is 1. The number of carbonyl (C=O) groups excluding carboxylic acids is 2. The molecule has 1 unspecified atom stereocenters. The van der Waals surface area contributed by atoms with Gasteiger partial charge >= 0.3 is 0 Å². The third-order valence-corrected chi connectivity index (χ3v) is 5.82.